The lowest BCUT2D eigenvalue weighted by Crippen LogP contribution is -2.32. The molecule has 126 valence electrons. The third-order valence-corrected chi connectivity index (χ3v) is 3.76. The summed E-state index contributed by atoms with van der Waals surface area (Å²) in [7, 11) is 1.52. The van der Waals surface area contributed by atoms with Crippen LogP contribution < -0.4 is 5.32 Å². The second kappa shape index (κ2) is 9.80. The molecule has 8 nitrogen and oxygen atoms in total. The number of carbonyl (C=O) groups excluding carboxylic acids is 2. The van der Waals surface area contributed by atoms with E-state index in [0.29, 0.717) is 18.0 Å². The number of nitrogens with one attached hydrogen (secondary N) is 1. The Balaban J connectivity index is 2.38. The van der Waals surface area contributed by atoms with Gasteiger partial charge in [-0.15, -0.1) is 11.8 Å². The highest BCUT2D eigenvalue weighted by molar-refractivity contribution is 8.00. The number of amides is 1. The maximum Gasteiger partial charge on any atom is 0.319 e. The second-order valence-electron chi connectivity index (χ2n) is 4.46. The number of nitrogens with zero attached hydrogens (tertiary/aromatic N) is 1. The number of ether oxygens (including phenoxy) is 2. The Bertz CT molecular complexity index is 549. The predicted octanol–water partition coefficient (Wildman–Crippen LogP) is 1.38. The van der Waals surface area contributed by atoms with Crippen molar-refractivity contribution in [2.45, 2.75) is 17.1 Å². The van der Waals surface area contributed by atoms with Gasteiger partial charge in [0.25, 0.3) is 11.6 Å². The molecule has 0 heterocycles. The molecule has 1 N–H and O–H groups in total. The minimum Gasteiger partial charge on any atom is -0.455 e. The van der Waals surface area contributed by atoms with Gasteiger partial charge in [0.05, 0.1) is 11.5 Å². The minimum atomic E-state index is -0.539. The zero-order valence-corrected chi connectivity index (χ0v) is 13.6. The van der Waals surface area contributed by atoms with E-state index in [1.165, 1.54) is 31.0 Å². The van der Waals surface area contributed by atoms with Crippen LogP contribution in [0.3, 0.4) is 0 Å². The normalized spacial score (nSPS) is 11.6. The summed E-state index contributed by atoms with van der Waals surface area (Å²) in [5, 5.41) is 12.6. The van der Waals surface area contributed by atoms with Crippen LogP contribution in [0.5, 0.6) is 0 Å². The molecule has 0 spiro atoms. The molecule has 0 saturated heterocycles. The highest BCUT2D eigenvalue weighted by Gasteiger charge is 2.17. The van der Waals surface area contributed by atoms with Crippen LogP contribution in [0.15, 0.2) is 29.2 Å². The molecule has 0 saturated carbocycles. The van der Waals surface area contributed by atoms with Crippen molar-refractivity contribution in [3.05, 3.63) is 34.4 Å². The van der Waals surface area contributed by atoms with E-state index < -0.39 is 22.0 Å². The Labute approximate surface area is 137 Å². The summed E-state index contributed by atoms with van der Waals surface area (Å²) in [6.45, 7) is 2.01. The number of methoxy groups -OCH3 is 1. The minimum absolute atomic E-state index is 0.0164. The first-order valence-electron chi connectivity index (χ1n) is 6.77. The average Bonchev–Trinajstić information content (AvgIpc) is 2.53. The Morgan fingerprint density at radius 3 is 2.57 bits per heavy atom. The van der Waals surface area contributed by atoms with Gasteiger partial charge in [0.1, 0.15) is 5.25 Å². The molecule has 1 aromatic carbocycles. The Morgan fingerprint density at radius 2 is 2.00 bits per heavy atom. The summed E-state index contributed by atoms with van der Waals surface area (Å²) in [5.74, 6) is -0.932. The van der Waals surface area contributed by atoms with Crippen LogP contribution >= 0.6 is 11.8 Å². The lowest BCUT2D eigenvalue weighted by molar-refractivity contribution is -0.384. The molecule has 0 fully saturated rings. The van der Waals surface area contributed by atoms with Crippen LogP contribution in [-0.4, -0.2) is 48.9 Å². The van der Waals surface area contributed by atoms with E-state index in [1.54, 1.807) is 19.1 Å². The van der Waals surface area contributed by atoms with Gasteiger partial charge in [-0.3, -0.25) is 19.7 Å². The lowest BCUT2D eigenvalue weighted by atomic mass is 10.3. The molecule has 1 rings (SSSR count). The molecule has 0 bridgehead atoms. The summed E-state index contributed by atoms with van der Waals surface area (Å²) in [6.07, 6.45) is 0. The molecule has 1 aromatic rings. The molecular weight excluding hydrogens is 324 g/mol. The fourth-order valence-corrected chi connectivity index (χ4v) is 2.36. The molecule has 1 amide bonds. The van der Waals surface area contributed by atoms with E-state index in [-0.39, 0.29) is 12.3 Å². The molecule has 1 atom stereocenters. The van der Waals surface area contributed by atoms with E-state index in [2.05, 4.69) is 5.32 Å². The van der Waals surface area contributed by atoms with Crippen molar-refractivity contribution < 1.29 is 24.0 Å². The first-order valence-corrected chi connectivity index (χ1v) is 7.65. The average molecular weight is 342 g/mol. The molecule has 0 aliphatic heterocycles. The first-order chi connectivity index (χ1) is 10.9. The maximum atomic E-state index is 11.8. The maximum absolute atomic E-state index is 11.8. The van der Waals surface area contributed by atoms with Gasteiger partial charge in [-0.25, -0.2) is 0 Å². The van der Waals surface area contributed by atoms with Crippen LogP contribution in [0.4, 0.5) is 5.69 Å². The van der Waals surface area contributed by atoms with Crippen molar-refractivity contribution in [1.82, 2.24) is 5.32 Å². The Kier molecular flexibility index (Phi) is 8.06. The van der Waals surface area contributed by atoms with Crippen molar-refractivity contribution in [1.29, 1.82) is 0 Å². The number of esters is 1. The van der Waals surface area contributed by atoms with Gasteiger partial charge in [0.2, 0.25) is 0 Å². The number of nitro groups is 1. The van der Waals surface area contributed by atoms with Crippen LogP contribution in [-0.2, 0) is 19.1 Å². The second-order valence-corrected chi connectivity index (χ2v) is 5.88. The number of carbonyl (C=O) groups is 2. The zero-order chi connectivity index (χ0) is 17.2. The molecule has 0 radical (unpaired) electrons. The van der Waals surface area contributed by atoms with Crippen LogP contribution in [0.25, 0.3) is 0 Å². The van der Waals surface area contributed by atoms with Gasteiger partial charge >= 0.3 is 5.97 Å². The number of hydrogen-bond acceptors (Lipinski definition) is 7. The van der Waals surface area contributed by atoms with Gasteiger partial charge < -0.3 is 14.8 Å². The molecule has 0 unspecified atom stereocenters. The van der Waals surface area contributed by atoms with Gasteiger partial charge in [-0.1, -0.05) is 0 Å². The number of hydrogen-bond donors (Lipinski definition) is 1. The van der Waals surface area contributed by atoms with E-state index in [0.717, 1.165) is 0 Å². The molecule has 0 aliphatic carbocycles. The quantitative estimate of drug-likeness (QED) is 0.237. The number of non-ortho nitro benzene ring substituents is 1. The summed E-state index contributed by atoms with van der Waals surface area (Å²) < 4.78 is 9.69. The Morgan fingerprint density at radius 1 is 1.35 bits per heavy atom. The standard InChI is InChI=1S/C14H18N2O6S/c1-10(14(18)22-9-13(17)15-7-8-21-2)23-12-5-3-11(4-6-12)16(19)20/h3-6,10H,7-9H2,1-2H3,(H,15,17)/t10-/m0/s1. The third kappa shape index (κ3) is 7.11. The van der Waals surface area contributed by atoms with E-state index in [4.69, 9.17) is 9.47 Å². The lowest BCUT2D eigenvalue weighted by Gasteiger charge is -2.11. The van der Waals surface area contributed by atoms with Crippen molar-refractivity contribution >= 4 is 29.3 Å². The number of benzene rings is 1. The van der Waals surface area contributed by atoms with E-state index in [9.17, 15) is 19.7 Å². The summed E-state index contributed by atoms with van der Waals surface area (Å²) >= 11 is 1.20. The number of nitro benzene ring substituents is 1. The predicted molar refractivity (Wildman–Crippen MR) is 84.3 cm³/mol. The van der Waals surface area contributed by atoms with Gasteiger partial charge in [-0.2, -0.15) is 0 Å². The van der Waals surface area contributed by atoms with Crippen molar-refractivity contribution in [3.8, 4) is 0 Å². The van der Waals surface area contributed by atoms with Crippen molar-refractivity contribution in [3.63, 3.8) is 0 Å². The molecule has 0 aliphatic rings. The molecule has 9 heteroatoms. The van der Waals surface area contributed by atoms with Gasteiger partial charge in [0.15, 0.2) is 6.61 Å². The Hall–Kier alpha value is -2.13. The smallest absolute Gasteiger partial charge is 0.319 e. The topological polar surface area (TPSA) is 108 Å². The SMILES string of the molecule is COCCNC(=O)COC(=O)[C@H](C)Sc1ccc([N+](=O)[O-])cc1. The van der Waals surface area contributed by atoms with Gasteiger partial charge in [0, 0.05) is 30.7 Å². The summed E-state index contributed by atoms with van der Waals surface area (Å²) in [4.78, 5) is 34.0. The van der Waals surface area contributed by atoms with Crippen LogP contribution in [0.2, 0.25) is 0 Å². The number of rotatable bonds is 9. The highest BCUT2D eigenvalue weighted by Crippen LogP contribution is 2.25. The van der Waals surface area contributed by atoms with Crippen LogP contribution in [0, 0.1) is 10.1 Å². The van der Waals surface area contributed by atoms with Crippen molar-refractivity contribution in [2.75, 3.05) is 26.9 Å². The third-order valence-electron chi connectivity index (χ3n) is 2.67. The summed E-state index contributed by atoms with van der Waals surface area (Å²) in [6, 6.07) is 5.85. The highest BCUT2D eigenvalue weighted by atomic mass is 32.2. The van der Waals surface area contributed by atoms with E-state index in [1.807, 2.05) is 0 Å². The first kappa shape index (κ1) is 18.9. The molecular formula is C14H18N2O6S. The molecule has 0 aromatic heterocycles. The summed E-state index contributed by atoms with van der Waals surface area (Å²) in [5.41, 5.74) is -0.0164. The van der Waals surface area contributed by atoms with Crippen molar-refractivity contribution in [2.24, 2.45) is 0 Å². The number of thioether (sulfide) groups is 1. The van der Waals surface area contributed by atoms with Crippen LogP contribution in [0.1, 0.15) is 6.92 Å². The fraction of sp³-hybridized carbons (Fsp3) is 0.429. The zero-order valence-electron chi connectivity index (χ0n) is 12.8. The largest absolute Gasteiger partial charge is 0.455 e. The monoisotopic (exact) mass is 342 g/mol. The fourth-order valence-electron chi connectivity index (χ4n) is 1.50. The molecule has 23 heavy (non-hydrogen) atoms. The van der Waals surface area contributed by atoms with Gasteiger partial charge in [-0.05, 0) is 19.1 Å². The van der Waals surface area contributed by atoms with E-state index >= 15 is 0 Å².